The third-order valence-corrected chi connectivity index (χ3v) is 5.18. The number of nitrogens with zero attached hydrogens (tertiary/aromatic N) is 2. The summed E-state index contributed by atoms with van der Waals surface area (Å²) in [5.41, 5.74) is 0. The van der Waals surface area contributed by atoms with E-state index in [0.717, 1.165) is 30.9 Å². The second-order valence-electron chi connectivity index (χ2n) is 6.92. The van der Waals surface area contributed by atoms with Crippen molar-refractivity contribution in [3.05, 3.63) is 0 Å². The van der Waals surface area contributed by atoms with Gasteiger partial charge < -0.3 is 15.5 Å². The molecule has 0 unspecified atom stereocenters. The molecule has 122 valence electrons. The number of likely N-dealkylation sites (tertiary alicyclic amines) is 1. The van der Waals surface area contributed by atoms with E-state index >= 15 is 0 Å². The van der Waals surface area contributed by atoms with E-state index in [1.54, 1.807) is 0 Å². The second kappa shape index (κ2) is 9.29. The maximum atomic E-state index is 4.34. The van der Waals surface area contributed by atoms with Crippen LogP contribution >= 0.6 is 0 Å². The highest BCUT2D eigenvalue weighted by Gasteiger charge is 2.17. The molecule has 0 aromatic heterocycles. The predicted octanol–water partition coefficient (Wildman–Crippen LogP) is 2.46. The van der Waals surface area contributed by atoms with Gasteiger partial charge in [0.1, 0.15) is 0 Å². The first-order valence-electron chi connectivity index (χ1n) is 8.91. The number of hydrogen-bond acceptors (Lipinski definition) is 2. The molecule has 2 fully saturated rings. The number of nitrogens with one attached hydrogen (secondary N) is 2. The maximum Gasteiger partial charge on any atom is 0.190 e. The monoisotopic (exact) mass is 294 g/mol. The summed E-state index contributed by atoms with van der Waals surface area (Å²) in [7, 11) is 4.09. The molecule has 0 atom stereocenters. The van der Waals surface area contributed by atoms with Crippen LogP contribution in [0, 0.1) is 11.8 Å². The first-order valence-corrected chi connectivity index (χ1v) is 8.91. The highest BCUT2D eigenvalue weighted by Crippen LogP contribution is 2.28. The van der Waals surface area contributed by atoms with Crippen molar-refractivity contribution < 1.29 is 0 Å². The van der Waals surface area contributed by atoms with Gasteiger partial charge in [-0.25, -0.2) is 0 Å². The van der Waals surface area contributed by atoms with E-state index in [1.165, 1.54) is 64.5 Å². The summed E-state index contributed by atoms with van der Waals surface area (Å²) in [4.78, 5) is 6.76. The van der Waals surface area contributed by atoms with Gasteiger partial charge in [0.2, 0.25) is 0 Å². The number of piperidine rings is 1. The van der Waals surface area contributed by atoms with Crippen molar-refractivity contribution in [3.63, 3.8) is 0 Å². The van der Waals surface area contributed by atoms with Crippen LogP contribution in [0.3, 0.4) is 0 Å². The van der Waals surface area contributed by atoms with Gasteiger partial charge in [-0.05, 0) is 57.7 Å². The lowest BCUT2D eigenvalue weighted by molar-refractivity contribution is 0.220. The standard InChI is InChI=1S/C17H34N4/c1-18-17(19-11-5-8-15-6-3-4-7-15)20-14-16-9-12-21(2)13-10-16/h15-16H,3-14H2,1-2H3,(H2,18,19,20). The number of aliphatic imine (C=N–C) groups is 1. The molecular weight excluding hydrogens is 260 g/mol. The summed E-state index contributed by atoms with van der Waals surface area (Å²) in [5.74, 6) is 2.79. The zero-order chi connectivity index (χ0) is 14.9. The molecule has 0 spiro atoms. The van der Waals surface area contributed by atoms with Gasteiger partial charge in [0.25, 0.3) is 0 Å². The lowest BCUT2D eigenvalue weighted by Gasteiger charge is -2.29. The molecule has 0 aromatic rings. The van der Waals surface area contributed by atoms with Gasteiger partial charge >= 0.3 is 0 Å². The topological polar surface area (TPSA) is 39.7 Å². The van der Waals surface area contributed by atoms with Crippen LogP contribution in [0.15, 0.2) is 4.99 Å². The zero-order valence-corrected chi connectivity index (χ0v) is 14.0. The number of hydrogen-bond donors (Lipinski definition) is 2. The molecule has 4 nitrogen and oxygen atoms in total. The molecule has 1 aliphatic carbocycles. The summed E-state index contributed by atoms with van der Waals surface area (Å²) in [5, 5.41) is 6.97. The lowest BCUT2D eigenvalue weighted by Crippen LogP contribution is -2.42. The molecule has 0 radical (unpaired) electrons. The quantitative estimate of drug-likeness (QED) is 0.449. The third kappa shape index (κ3) is 6.25. The van der Waals surface area contributed by atoms with Crippen molar-refractivity contribution in [2.45, 2.75) is 51.4 Å². The van der Waals surface area contributed by atoms with Crippen LogP contribution in [0.25, 0.3) is 0 Å². The van der Waals surface area contributed by atoms with Crippen LogP contribution < -0.4 is 10.6 Å². The Bertz CT molecular complexity index is 302. The first kappa shape index (κ1) is 16.6. The van der Waals surface area contributed by atoms with Crippen molar-refractivity contribution in [1.82, 2.24) is 15.5 Å². The van der Waals surface area contributed by atoms with E-state index in [2.05, 4.69) is 27.6 Å². The molecular formula is C17H34N4. The SMILES string of the molecule is CN=C(NCCCC1CCCC1)NCC1CCN(C)CC1. The van der Waals surface area contributed by atoms with Crippen molar-refractivity contribution in [1.29, 1.82) is 0 Å². The summed E-state index contributed by atoms with van der Waals surface area (Å²) >= 11 is 0. The maximum absolute atomic E-state index is 4.34. The van der Waals surface area contributed by atoms with E-state index < -0.39 is 0 Å². The Morgan fingerprint density at radius 3 is 2.43 bits per heavy atom. The Morgan fingerprint density at radius 2 is 1.76 bits per heavy atom. The lowest BCUT2D eigenvalue weighted by atomic mass is 9.97. The molecule has 21 heavy (non-hydrogen) atoms. The molecule has 1 aliphatic heterocycles. The molecule has 1 saturated heterocycles. The number of rotatable bonds is 6. The van der Waals surface area contributed by atoms with Gasteiger partial charge in [-0.2, -0.15) is 0 Å². The fourth-order valence-electron chi connectivity index (χ4n) is 3.62. The summed E-state index contributed by atoms with van der Waals surface area (Å²) in [6, 6.07) is 0. The van der Waals surface area contributed by atoms with Crippen LogP contribution in [0.5, 0.6) is 0 Å². The molecule has 1 heterocycles. The normalized spacial score (nSPS) is 22.7. The average Bonchev–Trinajstić information content (AvgIpc) is 3.01. The van der Waals surface area contributed by atoms with E-state index in [1.807, 2.05) is 7.05 Å². The minimum Gasteiger partial charge on any atom is -0.356 e. The average molecular weight is 294 g/mol. The van der Waals surface area contributed by atoms with E-state index in [0.29, 0.717) is 0 Å². The number of guanidine groups is 1. The minimum absolute atomic E-state index is 0.804. The second-order valence-corrected chi connectivity index (χ2v) is 6.92. The van der Waals surface area contributed by atoms with E-state index in [4.69, 9.17) is 0 Å². The van der Waals surface area contributed by atoms with Crippen molar-refractivity contribution in [2.24, 2.45) is 16.8 Å². The fourth-order valence-corrected chi connectivity index (χ4v) is 3.62. The van der Waals surface area contributed by atoms with E-state index in [-0.39, 0.29) is 0 Å². The Labute approximate surface area is 130 Å². The van der Waals surface area contributed by atoms with Gasteiger partial charge in [-0.3, -0.25) is 4.99 Å². The Kier molecular flexibility index (Phi) is 7.34. The molecule has 0 amide bonds. The highest BCUT2D eigenvalue weighted by molar-refractivity contribution is 5.79. The van der Waals surface area contributed by atoms with Crippen LogP contribution in [-0.2, 0) is 0 Å². The molecule has 0 bridgehead atoms. The van der Waals surface area contributed by atoms with Crippen LogP contribution in [0.4, 0.5) is 0 Å². The summed E-state index contributed by atoms with van der Waals surface area (Å²) in [6.45, 7) is 4.60. The molecule has 2 aliphatic rings. The first-order chi connectivity index (χ1) is 10.3. The van der Waals surface area contributed by atoms with Crippen LogP contribution in [0.1, 0.15) is 51.4 Å². The Hall–Kier alpha value is -0.770. The summed E-state index contributed by atoms with van der Waals surface area (Å²) in [6.07, 6.45) is 11.1. The molecule has 2 rings (SSSR count). The molecule has 1 saturated carbocycles. The van der Waals surface area contributed by atoms with E-state index in [9.17, 15) is 0 Å². The Balaban J connectivity index is 1.53. The minimum atomic E-state index is 0.804. The van der Waals surface area contributed by atoms with Crippen molar-refractivity contribution in [3.8, 4) is 0 Å². The van der Waals surface area contributed by atoms with Gasteiger partial charge in [-0.15, -0.1) is 0 Å². The highest BCUT2D eigenvalue weighted by atomic mass is 15.2. The smallest absolute Gasteiger partial charge is 0.190 e. The predicted molar refractivity (Wildman–Crippen MR) is 90.8 cm³/mol. The van der Waals surface area contributed by atoms with Gasteiger partial charge in [0, 0.05) is 20.1 Å². The van der Waals surface area contributed by atoms with Crippen LogP contribution in [-0.4, -0.2) is 51.1 Å². The van der Waals surface area contributed by atoms with Gasteiger partial charge in [-0.1, -0.05) is 25.7 Å². The molecule has 0 aromatic carbocycles. The van der Waals surface area contributed by atoms with Crippen molar-refractivity contribution >= 4 is 5.96 Å². The van der Waals surface area contributed by atoms with Gasteiger partial charge in [0.15, 0.2) is 5.96 Å². The fraction of sp³-hybridized carbons (Fsp3) is 0.941. The molecule has 4 heteroatoms. The summed E-state index contributed by atoms with van der Waals surface area (Å²) < 4.78 is 0. The third-order valence-electron chi connectivity index (χ3n) is 5.18. The van der Waals surface area contributed by atoms with Crippen LogP contribution in [0.2, 0.25) is 0 Å². The Morgan fingerprint density at radius 1 is 1.05 bits per heavy atom. The largest absolute Gasteiger partial charge is 0.356 e. The van der Waals surface area contributed by atoms with Gasteiger partial charge in [0.05, 0.1) is 0 Å². The van der Waals surface area contributed by atoms with Crippen molar-refractivity contribution in [2.75, 3.05) is 40.3 Å². The molecule has 2 N–H and O–H groups in total. The zero-order valence-electron chi connectivity index (χ0n) is 14.0.